The Hall–Kier alpha value is -2.01. The van der Waals surface area contributed by atoms with E-state index < -0.39 is 12.0 Å². The second kappa shape index (κ2) is 13.6. The minimum Gasteiger partial charge on any atom is -0.480 e. The number of carboxylic acids is 1. The number of hydrogen-bond donors (Lipinski definition) is 2. The van der Waals surface area contributed by atoms with Crippen LogP contribution in [0.1, 0.15) is 33.5 Å². The first kappa shape index (κ1) is 27.2. The van der Waals surface area contributed by atoms with Crippen molar-refractivity contribution in [1.29, 1.82) is 0 Å². The minimum absolute atomic E-state index is 0. The first-order valence-electron chi connectivity index (χ1n) is 10.3. The monoisotopic (exact) mass is 476 g/mol. The fourth-order valence-corrected chi connectivity index (χ4v) is 4.49. The summed E-state index contributed by atoms with van der Waals surface area (Å²) in [6.45, 7) is 2.94. The Morgan fingerprint density at radius 3 is 2.52 bits per heavy atom. The molecule has 8 heteroatoms. The van der Waals surface area contributed by atoms with Crippen LogP contribution < -0.4 is 5.32 Å². The number of hydrogen-bond acceptors (Lipinski definition) is 5. The first-order valence-corrected chi connectivity index (χ1v) is 12.6. The molecule has 1 aromatic heterocycles. The number of amides is 1. The summed E-state index contributed by atoms with van der Waals surface area (Å²) >= 11 is 3.19. The van der Waals surface area contributed by atoms with Gasteiger partial charge in [-0.1, -0.05) is 30.3 Å². The third-order valence-corrected chi connectivity index (χ3v) is 6.47. The van der Waals surface area contributed by atoms with Gasteiger partial charge in [0.25, 0.3) is 5.91 Å². The number of rotatable bonds is 11. The summed E-state index contributed by atoms with van der Waals surface area (Å²) in [5.41, 5.74) is 5.29. The van der Waals surface area contributed by atoms with Gasteiger partial charge in [0.15, 0.2) is 0 Å². The molecule has 1 radical (unpaired) electrons. The summed E-state index contributed by atoms with van der Waals surface area (Å²) in [5, 5.41) is 16.3. The van der Waals surface area contributed by atoms with Crippen molar-refractivity contribution in [3.05, 3.63) is 81.5 Å². The number of aliphatic carboxylic acids is 1. The SMILES string of the molecule is CSCC[C@H](NC(=O)c1ccc(COCc2ccsc2)cc1-c1ccccc1C)C(=O)O.[Li]. The number of carbonyl (C=O) groups is 2. The van der Waals surface area contributed by atoms with Crippen molar-refractivity contribution in [3.8, 4) is 11.1 Å². The molecule has 0 unspecified atom stereocenters. The van der Waals surface area contributed by atoms with Gasteiger partial charge in [0, 0.05) is 24.4 Å². The summed E-state index contributed by atoms with van der Waals surface area (Å²) in [6, 6.07) is 14.5. The van der Waals surface area contributed by atoms with E-state index in [1.807, 2.05) is 61.0 Å². The van der Waals surface area contributed by atoms with E-state index in [1.165, 1.54) is 0 Å². The Balaban J connectivity index is 0.00000385. The molecule has 0 aliphatic carbocycles. The average molecular weight is 477 g/mol. The molecular weight excluding hydrogens is 449 g/mol. The van der Waals surface area contributed by atoms with E-state index in [4.69, 9.17) is 4.74 Å². The van der Waals surface area contributed by atoms with Gasteiger partial charge in [-0.2, -0.15) is 23.1 Å². The molecule has 0 fully saturated rings. The van der Waals surface area contributed by atoms with Crippen LogP contribution in [0.15, 0.2) is 59.3 Å². The molecule has 0 spiro atoms. The molecule has 1 heterocycles. The second-order valence-corrected chi connectivity index (χ2v) is 9.23. The molecule has 0 aliphatic heterocycles. The van der Waals surface area contributed by atoms with Crippen molar-refractivity contribution < 1.29 is 19.4 Å². The van der Waals surface area contributed by atoms with E-state index in [0.29, 0.717) is 31.0 Å². The van der Waals surface area contributed by atoms with Crippen molar-refractivity contribution in [1.82, 2.24) is 5.32 Å². The van der Waals surface area contributed by atoms with Crippen LogP contribution in [0.5, 0.6) is 0 Å². The van der Waals surface area contributed by atoms with Crippen LogP contribution in [0.3, 0.4) is 0 Å². The molecule has 3 aromatic rings. The molecule has 2 aromatic carbocycles. The van der Waals surface area contributed by atoms with Gasteiger partial charge in [-0.3, -0.25) is 4.79 Å². The zero-order valence-electron chi connectivity index (χ0n) is 19.2. The summed E-state index contributed by atoms with van der Waals surface area (Å²) < 4.78 is 5.85. The van der Waals surface area contributed by atoms with Gasteiger partial charge < -0.3 is 15.2 Å². The van der Waals surface area contributed by atoms with Gasteiger partial charge in [-0.05, 0) is 82.1 Å². The van der Waals surface area contributed by atoms with Crippen LogP contribution in [-0.4, -0.2) is 53.9 Å². The van der Waals surface area contributed by atoms with E-state index in [1.54, 1.807) is 29.2 Å². The number of ether oxygens (including phenoxy) is 1. The Morgan fingerprint density at radius 2 is 1.85 bits per heavy atom. The molecule has 0 saturated carbocycles. The number of thioether (sulfide) groups is 1. The van der Waals surface area contributed by atoms with Crippen LogP contribution in [-0.2, 0) is 22.7 Å². The number of carboxylic acid groups (broad SMARTS) is 1. The van der Waals surface area contributed by atoms with Crippen molar-refractivity contribution in [2.45, 2.75) is 32.6 Å². The largest absolute Gasteiger partial charge is 0.480 e. The van der Waals surface area contributed by atoms with E-state index >= 15 is 0 Å². The smallest absolute Gasteiger partial charge is 0.326 e. The predicted molar refractivity (Wildman–Crippen MR) is 137 cm³/mol. The summed E-state index contributed by atoms with van der Waals surface area (Å²) in [4.78, 5) is 24.7. The van der Waals surface area contributed by atoms with Gasteiger partial charge in [0.2, 0.25) is 0 Å². The standard InChI is InChI=1S/C25H27NO4S2.Li/c1-17-5-3-4-6-20(17)22-13-18(14-30-15-19-9-12-32-16-19)7-8-21(22)24(27)26-23(25(28)29)10-11-31-2;/h3-9,12-13,16,23H,10-11,14-15H2,1-2H3,(H,26,27)(H,28,29);/t23-;/m0./s1. The maximum atomic E-state index is 13.1. The number of aryl methyl sites for hydroxylation is 1. The molecule has 0 aliphatic rings. The number of nitrogens with one attached hydrogen (secondary N) is 1. The second-order valence-electron chi connectivity index (χ2n) is 7.47. The number of thiophene rings is 1. The van der Waals surface area contributed by atoms with Gasteiger partial charge in [-0.25, -0.2) is 4.79 Å². The van der Waals surface area contributed by atoms with Crippen LogP contribution in [0.2, 0.25) is 0 Å². The Bertz CT molecular complexity index is 1060. The van der Waals surface area contributed by atoms with Crippen LogP contribution in [0.4, 0.5) is 0 Å². The summed E-state index contributed by atoms with van der Waals surface area (Å²) in [7, 11) is 0. The van der Waals surface area contributed by atoms with E-state index in [-0.39, 0.29) is 24.8 Å². The molecule has 169 valence electrons. The molecule has 5 nitrogen and oxygen atoms in total. The topological polar surface area (TPSA) is 75.6 Å². The van der Waals surface area contributed by atoms with Gasteiger partial charge in [-0.15, -0.1) is 0 Å². The van der Waals surface area contributed by atoms with Gasteiger partial charge in [0.05, 0.1) is 13.2 Å². The predicted octanol–water partition coefficient (Wildman–Crippen LogP) is 5.00. The van der Waals surface area contributed by atoms with Crippen molar-refractivity contribution in [3.63, 3.8) is 0 Å². The zero-order valence-corrected chi connectivity index (χ0v) is 20.8. The number of benzene rings is 2. The minimum atomic E-state index is -1.02. The molecule has 3 rings (SSSR count). The molecule has 1 amide bonds. The van der Waals surface area contributed by atoms with E-state index in [9.17, 15) is 14.7 Å². The Kier molecular flexibility index (Phi) is 11.3. The molecule has 2 N–H and O–H groups in total. The average Bonchev–Trinajstić information content (AvgIpc) is 3.30. The van der Waals surface area contributed by atoms with E-state index in [2.05, 4.69) is 10.7 Å². The third kappa shape index (κ3) is 7.77. The van der Waals surface area contributed by atoms with Crippen molar-refractivity contribution in [2.75, 3.05) is 12.0 Å². The first-order chi connectivity index (χ1) is 15.5. The van der Waals surface area contributed by atoms with Crippen LogP contribution >= 0.6 is 23.1 Å². The molecule has 33 heavy (non-hydrogen) atoms. The maximum Gasteiger partial charge on any atom is 0.326 e. The Morgan fingerprint density at radius 1 is 1.09 bits per heavy atom. The maximum absolute atomic E-state index is 13.1. The zero-order chi connectivity index (χ0) is 22.9. The number of carbonyl (C=O) groups excluding carboxylic acids is 1. The van der Waals surface area contributed by atoms with Crippen molar-refractivity contribution >= 4 is 53.8 Å². The fraction of sp³-hybridized carbons (Fsp3) is 0.280. The van der Waals surface area contributed by atoms with Gasteiger partial charge in [0.1, 0.15) is 6.04 Å². The van der Waals surface area contributed by atoms with Crippen LogP contribution in [0, 0.1) is 6.92 Å². The third-order valence-electron chi connectivity index (χ3n) is 5.10. The van der Waals surface area contributed by atoms with E-state index in [0.717, 1.165) is 27.8 Å². The van der Waals surface area contributed by atoms with Gasteiger partial charge >= 0.3 is 5.97 Å². The normalized spacial score (nSPS) is 11.5. The fourth-order valence-electron chi connectivity index (χ4n) is 3.37. The summed E-state index contributed by atoms with van der Waals surface area (Å²) in [5.74, 6) is -0.756. The molecule has 0 bridgehead atoms. The molecular formula is C25H27LiNO4S2. The molecule has 0 saturated heterocycles. The Labute approximate surface area is 215 Å². The summed E-state index contributed by atoms with van der Waals surface area (Å²) in [6.07, 6.45) is 2.28. The quantitative estimate of drug-likeness (QED) is 0.381. The van der Waals surface area contributed by atoms with Crippen LogP contribution in [0.25, 0.3) is 11.1 Å². The van der Waals surface area contributed by atoms with Crippen molar-refractivity contribution in [2.24, 2.45) is 0 Å². The molecule has 1 atom stereocenters.